The maximum atomic E-state index is 12.3. The lowest BCUT2D eigenvalue weighted by molar-refractivity contribution is 0.0847. The van der Waals surface area contributed by atoms with Crippen LogP contribution in [0.4, 0.5) is 0 Å². The molecule has 1 aromatic heterocycles. The summed E-state index contributed by atoms with van der Waals surface area (Å²) >= 11 is 5.96. The van der Waals surface area contributed by atoms with Crippen LogP contribution in [0, 0.1) is 6.92 Å². The second kappa shape index (κ2) is 6.94. The number of carbonyl (C=O) groups is 2. The van der Waals surface area contributed by atoms with Crippen molar-refractivity contribution < 1.29 is 9.59 Å². The molecule has 0 saturated carbocycles. The van der Waals surface area contributed by atoms with E-state index in [1.165, 1.54) is 0 Å². The van der Waals surface area contributed by atoms with Crippen LogP contribution < -0.4 is 10.9 Å². The Morgan fingerprint density at radius 2 is 1.84 bits per heavy atom. The molecule has 3 rings (SSSR count). The maximum absolute atomic E-state index is 12.3. The number of nitrogens with zero attached hydrogens (tertiary/aromatic N) is 2. The van der Waals surface area contributed by atoms with Crippen molar-refractivity contribution in [1.82, 2.24) is 20.4 Å². The lowest BCUT2D eigenvalue weighted by Gasteiger charge is -2.08. The third-order valence-electron chi connectivity index (χ3n) is 3.93. The summed E-state index contributed by atoms with van der Waals surface area (Å²) < 4.78 is 2.07. The predicted octanol–water partition coefficient (Wildman–Crippen LogP) is 3.09. The van der Waals surface area contributed by atoms with Crippen LogP contribution in [0.1, 0.15) is 33.5 Å². The van der Waals surface area contributed by atoms with E-state index in [0.717, 1.165) is 23.4 Å². The standard InChI is InChI=1S/C18H17ClN4O2/c1-3-23-11(2)20-15-10-12(8-9-16(15)23)17(24)21-22-18(25)13-6-4-5-7-14(13)19/h4-10H,3H2,1-2H3,(H,21,24)(H,22,25). The van der Waals surface area contributed by atoms with E-state index in [4.69, 9.17) is 11.6 Å². The molecule has 2 amide bonds. The van der Waals surface area contributed by atoms with E-state index >= 15 is 0 Å². The monoisotopic (exact) mass is 356 g/mol. The van der Waals surface area contributed by atoms with Gasteiger partial charge in [0.15, 0.2) is 0 Å². The molecule has 6 nitrogen and oxygen atoms in total. The molecule has 0 fully saturated rings. The number of halogens is 1. The van der Waals surface area contributed by atoms with Gasteiger partial charge in [0.25, 0.3) is 11.8 Å². The molecule has 0 saturated heterocycles. The molecule has 3 aromatic rings. The van der Waals surface area contributed by atoms with Crippen LogP contribution in [0.3, 0.4) is 0 Å². The van der Waals surface area contributed by atoms with Gasteiger partial charge in [-0.3, -0.25) is 20.4 Å². The minimum absolute atomic E-state index is 0.289. The molecule has 128 valence electrons. The quantitative estimate of drug-likeness (QED) is 0.708. The van der Waals surface area contributed by atoms with Crippen molar-refractivity contribution in [3.8, 4) is 0 Å². The normalized spacial score (nSPS) is 10.7. The van der Waals surface area contributed by atoms with Crippen molar-refractivity contribution in [3.05, 3.63) is 64.4 Å². The van der Waals surface area contributed by atoms with Crippen LogP contribution in [-0.4, -0.2) is 21.4 Å². The van der Waals surface area contributed by atoms with Gasteiger partial charge in [-0.2, -0.15) is 0 Å². The molecule has 0 radical (unpaired) electrons. The lowest BCUT2D eigenvalue weighted by atomic mass is 10.2. The lowest BCUT2D eigenvalue weighted by Crippen LogP contribution is -2.41. The molecular weight excluding hydrogens is 340 g/mol. The van der Waals surface area contributed by atoms with E-state index in [2.05, 4.69) is 20.4 Å². The fourth-order valence-electron chi connectivity index (χ4n) is 2.69. The van der Waals surface area contributed by atoms with Crippen molar-refractivity contribution in [2.24, 2.45) is 0 Å². The van der Waals surface area contributed by atoms with Crippen molar-refractivity contribution in [1.29, 1.82) is 0 Å². The molecule has 7 heteroatoms. The second-order valence-corrected chi connectivity index (χ2v) is 5.90. The number of hydrogen-bond donors (Lipinski definition) is 2. The zero-order valence-electron chi connectivity index (χ0n) is 13.8. The Bertz CT molecular complexity index is 965. The number of carbonyl (C=O) groups excluding carboxylic acids is 2. The SMILES string of the molecule is CCn1c(C)nc2cc(C(=O)NNC(=O)c3ccccc3Cl)ccc21. The fourth-order valence-corrected chi connectivity index (χ4v) is 2.91. The molecule has 0 unspecified atom stereocenters. The van der Waals surface area contributed by atoms with Gasteiger partial charge in [-0.25, -0.2) is 4.98 Å². The highest BCUT2D eigenvalue weighted by Crippen LogP contribution is 2.18. The molecule has 0 aliphatic carbocycles. The number of aryl methyl sites for hydroxylation is 2. The molecule has 0 aliphatic rings. The Hall–Kier alpha value is -2.86. The fraction of sp³-hybridized carbons (Fsp3) is 0.167. The first kappa shape index (κ1) is 17.0. The number of amides is 2. The molecule has 2 aromatic carbocycles. The Morgan fingerprint density at radius 1 is 1.12 bits per heavy atom. The maximum Gasteiger partial charge on any atom is 0.271 e. The summed E-state index contributed by atoms with van der Waals surface area (Å²) in [6.07, 6.45) is 0. The van der Waals surface area contributed by atoms with Gasteiger partial charge in [-0.1, -0.05) is 23.7 Å². The van der Waals surface area contributed by atoms with E-state index in [1.54, 1.807) is 36.4 Å². The van der Waals surface area contributed by atoms with Crippen LogP contribution in [-0.2, 0) is 6.54 Å². The minimum atomic E-state index is -0.480. The third-order valence-corrected chi connectivity index (χ3v) is 4.26. The largest absolute Gasteiger partial charge is 0.329 e. The van der Waals surface area contributed by atoms with E-state index in [0.29, 0.717) is 10.6 Å². The van der Waals surface area contributed by atoms with Crippen LogP contribution in [0.5, 0.6) is 0 Å². The average Bonchev–Trinajstić information content (AvgIpc) is 2.93. The van der Waals surface area contributed by atoms with Crippen LogP contribution in [0.25, 0.3) is 11.0 Å². The van der Waals surface area contributed by atoms with Crippen LogP contribution >= 0.6 is 11.6 Å². The second-order valence-electron chi connectivity index (χ2n) is 5.49. The van der Waals surface area contributed by atoms with Crippen molar-refractivity contribution >= 4 is 34.4 Å². The predicted molar refractivity (Wildman–Crippen MR) is 96.5 cm³/mol. The Morgan fingerprint density at radius 3 is 2.56 bits per heavy atom. The number of aromatic nitrogens is 2. The summed E-state index contributed by atoms with van der Waals surface area (Å²) in [6, 6.07) is 11.9. The summed E-state index contributed by atoms with van der Waals surface area (Å²) in [4.78, 5) is 28.8. The van der Waals surface area contributed by atoms with E-state index in [1.807, 2.05) is 19.9 Å². The first-order valence-electron chi connectivity index (χ1n) is 7.83. The smallest absolute Gasteiger partial charge is 0.271 e. The number of imidazole rings is 1. The van der Waals surface area contributed by atoms with Crippen molar-refractivity contribution in [2.75, 3.05) is 0 Å². The van der Waals surface area contributed by atoms with Crippen molar-refractivity contribution in [2.45, 2.75) is 20.4 Å². The molecular formula is C18H17ClN4O2. The number of nitrogens with one attached hydrogen (secondary N) is 2. The number of hydrogen-bond acceptors (Lipinski definition) is 3. The molecule has 0 bridgehead atoms. The molecule has 2 N–H and O–H groups in total. The minimum Gasteiger partial charge on any atom is -0.329 e. The van der Waals surface area contributed by atoms with E-state index < -0.39 is 11.8 Å². The van der Waals surface area contributed by atoms with Crippen LogP contribution in [0.15, 0.2) is 42.5 Å². The number of benzene rings is 2. The highest BCUT2D eigenvalue weighted by atomic mass is 35.5. The van der Waals surface area contributed by atoms with E-state index in [-0.39, 0.29) is 5.56 Å². The molecule has 25 heavy (non-hydrogen) atoms. The van der Waals surface area contributed by atoms with Crippen molar-refractivity contribution in [3.63, 3.8) is 0 Å². The van der Waals surface area contributed by atoms with Crippen LogP contribution in [0.2, 0.25) is 5.02 Å². The van der Waals surface area contributed by atoms with Gasteiger partial charge in [0, 0.05) is 12.1 Å². The topological polar surface area (TPSA) is 76.0 Å². The van der Waals surface area contributed by atoms with Gasteiger partial charge in [0.2, 0.25) is 0 Å². The van der Waals surface area contributed by atoms with Gasteiger partial charge >= 0.3 is 0 Å². The highest BCUT2D eigenvalue weighted by Gasteiger charge is 2.13. The van der Waals surface area contributed by atoms with Gasteiger partial charge in [0.05, 0.1) is 21.6 Å². The summed E-state index contributed by atoms with van der Waals surface area (Å²) in [7, 11) is 0. The summed E-state index contributed by atoms with van der Waals surface area (Å²) in [6.45, 7) is 4.77. The average molecular weight is 357 g/mol. The zero-order valence-corrected chi connectivity index (χ0v) is 14.6. The summed E-state index contributed by atoms with van der Waals surface area (Å²) in [5.41, 5.74) is 7.17. The first-order valence-corrected chi connectivity index (χ1v) is 8.21. The van der Waals surface area contributed by atoms with E-state index in [9.17, 15) is 9.59 Å². The van der Waals surface area contributed by atoms with Gasteiger partial charge in [0.1, 0.15) is 5.82 Å². The number of hydrazine groups is 1. The molecule has 0 atom stereocenters. The Labute approximate surface area is 149 Å². The van der Waals surface area contributed by atoms with Gasteiger partial charge in [-0.05, 0) is 44.2 Å². The van der Waals surface area contributed by atoms with Gasteiger partial charge in [-0.15, -0.1) is 0 Å². The third kappa shape index (κ3) is 3.34. The summed E-state index contributed by atoms with van der Waals surface area (Å²) in [5.74, 6) is -0.0146. The summed E-state index contributed by atoms with van der Waals surface area (Å²) in [5, 5.41) is 0.316. The highest BCUT2D eigenvalue weighted by molar-refractivity contribution is 6.33. The zero-order chi connectivity index (χ0) is 18.0. The Kier molecular flexibility index (Phi) is 4.72. The van der Waals surface area contributed by atoms with Gasteiger partial charge < -0.3 is 4.57 Å². The molecule has 0 spiro atoms. The Balaban J connectivity index is 1.74. The number of fused-ring (bicyclic) bond motifs is 1. The first-order chi connectivity index (χ1) is 12.0. The number of rotatable bonds is 3. The molecule has 1 heterocycles. The molecule has 0 aliphatic heterocycles.